The van der Waals surface area contributed by atoms with Crippen molar-refractivity contribution in [3.8, 4) is 0 Å². The van der Waals surface area contributed by atoms with Gasteiger partial charge in [0.05, 0.1) is 12.2 Å². The summed E-state index contributed by atoms with van der Waals surface area (Å²) in [6, 6.07) is 8.95. The van der Waals surface area contributed by atoms with Crippen molar-refractivity contribution in [3.63, 3.8) is 0 Å². The summed E-state index contributed by atoms with van der Waals surface area (Å²) in [5.41, 5.74) is 2.02. The predicted molar refractivity (Wildman–Crippen MR) is 98.3 cm³/mol. The van der Waals surface area contributed by atoms with Crippen LogP contribution in [0.4, 0.5) is 10.1 Å². The molecule has 1 aromatic heterocycles. The number of piperidine rings is 1. The Kier molecular flexibility index (Phi) is 6.08. The third kappa shape index (κ3) is 5.05. The minimum atomic E-state index is -0.156. The highest BCUT2D eigenvalue weighted by atomic mass is 19.1. The molecule has 0 saturated carbocycles. The Bertz CT molecular complexity index is 662. The molecule has 4 nitrogen and oxygen atoms in total. The van der Waals surface area contributed by atoms with Crippen molar-refractivity contribution in [1.29, 1.82) is 0 Å². The van der Waals surface area contributed by atoms with Gasteiger partial charge in [-0.15, -0.1) is 0 Å². The van der Waals surface area contributed by atoms with Crippen LogP contribution in [-0.4, -0.2) is 24.8 Å². The van der Waals surface area contributed by atoms with Crippen molar-refractivity contribution in [2.75, 3.05) is 24.5 Å². The summed E-state index contributed by atoms with van der Waals surface area (Å²) >= 11 is 0. The van der Waals surface area contributed by atoms with Gasteiger partial charge in [-0.1, -0.05) is 25.1 Å². The molecule has 136 valence electrons. The smallest absolute Gasteiger partial charge is 0.150 e. The Labute approximate surface area is 149 Å². The van der Waals surface area contributed by atoms with Gasteiger partial charge < -0.3 is 14.7 Å². The molecule has 25 heavy (non-hydrogen) atoms. The molecule has 0 bridgehead atoms. The summed E-state index contributed by atoms with van der Waals surface area (Å²) in [7, 11) is 0. The second-order valence-electron chi connectivity index (χ2n) is 7.25. The highest BCUT2D eigenvalue weighted by Crippen LogP contribution is 2.25. The molecule has 0 atom stereocenters. The molecule has 1 saturated heterocycles. The lowest BCUT2D eigenvalue weighted by atomic mass is 9.93. The van der Waals surface area contributed by atoms with Crippen molar-refractivity contribution in [2.24, 2.45) is 5.92 Å². The first kappa shape index (κ1) is 17.9. The number of anilines is 1. The molecule has 1 aliphatic rings. The Morgan fingerprint density at radius 1 is 1.28 bits per heavy atom. The average Bonchev–Trinajstić information content (AvgIpc) is 3.09. The molecule has 1 N–H and O–H groups in total. The van der Waals surface area contributed by atoms with Crippen LogP contribution in [0.3, 0.4) is 0 Å². The lowest BCUT2D eigenvalue weighted by Crippen LogP contribution is -2.34. The fraction of sp³-hybridized carbons (Fsp3) is 0.550. The van der Waals surface area contributed by atoms with E-state index >= 15 is 0 Å². The number of benzene rings is 1. The maximum Gasteiger partial charge on any atom is 0.150 e. The molecule has 2 aromatic rings. The molecule has 2 heterocycles. The van der Waals surface area contributed by atoms with Gasteiger partial charge in [0, 0.05) is 24.8 Å². The molecule has 5 heteroatoms. The van der Waals surface area contributed by atoms with E-state index in [2.05, 4.69) is 29.2 Å². The van der Waals surface area contributed by atoms with Crippen LogP contribution in [0.25, 0.3) is 0 Å². The van der Waals surface area contributed by atoms with Crippen LogP contribution in [0.15, 0.2) is 34.9 Å². The van der Waals surface area contributed by atoms with Crippen molar-refractivity contribution in [2.45, 2.75) is 45.6 Å². The highest BCUT2D eigenvalue weighted by molar-refractivity contribution is 5.46. The van der Waals surface area contributed by atoms with Crippen molar-refractivity contribution in [3.05, 3.63) is 47.6 Å². The summed E-state index contributed by atoms with van der Waals surface area (Å²) < 4.78 is 18.7. The highest BCUT2D eigenvalue weighted by Gasteiger charge is 2.19. The second kappa shape index (κ2) is 8.48. The van der Waals surface area contributed by atoms with E-state index in [-0.39, 0.29) is 5.82 Å². The molecule has 0 radical (unpaired) electrons. The second-order valence-corrected chi connectivity index (χ2v) is 7.25. The molecule has 1 aromatic carbocycles. The first-order chi connectivity index (χ1) is 12.1. The van der Waals surface area contributed by atoms with Crippen LogP contribution < -0.4 is 10.2 Å². The quantitative estimate of drug-likeness (QED) is 0.758. The molecule has 0 spiro atoms. The van der Waals surface area contributed by atoms with Gasteiger partial charge in [0.25, 0.3) is 0 Å². The van der Waals surface area contributed by atoms with E-state index < -0.39 is 0 Å². The SMILES string of the molecule is CC(C)c1cc(CNCCC2CCN(c3cccc(F)c3)CC2)on1. The molecule has 0 unspecified atom stereocenters. The van der Waals surface area contributed by atoms with Gasteiger partial charge in [-0.2, -0.15) is 0 Å². The maximum absolute atomic E-state index is 13.3. The zero-order chi connectivity index (χ0) is 17.6. The molecule has 0 aliphatic carbocycles. The van der Waals surface area contributed by atoms with Gasteiger partial charge >= 0.3 is 0 Å². The monoisotopic (exact) mass is 345 g/mol. The van der Waals surface area contributed by atoms with Crippen LogP contribution >= 0.6 is 0 Å². The molecule has 1 fully saturated rings. The summed E-state index contributed by atoms with van der Waals surface area (Å²) in [4.78, 5) is 2.29. The predicted octanol–water partition coefficient (Wildman–Crippen LogP) is 4.33. The van der Waals surface area contributed by atoms with E-state index in [0.29, 0.717) is 5.92 Å². The fourth-order valence-electron chi connectivity index (χ4n) is 3.35. The number of nitrogens with zero attached hydrogens (tertiary/aromatic N) is 2. The summed E-state index contributed by atoms with van der Waals surface area (Å²) in [6.07, 6.45) is 3.50. The Balaban J connectivity index is 1.35. The Morgan fingerprint density at radius 2 is 2.08 bits per heavy atom. The number of nitrogens with one attached hydrogen (secondary N) is 1. The average molecular weight is 345 g/mol. The summed E-state index contributed by atoms with van der Waals surface area (Å²) in [5.74, 6) is 1.89. The largest absolute Gasteiger partial charge is 0.371 e. The summed E-state index contributed by atoms with van der Waals surface area (Å²) in [6.45, 7) is 7.97. The Morgan fingerprint density at radius 3 is 2.76 bits per heavy atom. The van der Waals surface area contributed by atoms with Gasteiger partial charge in [-0.25, -0.2) is 4.39 Å². The van der Waals surface area contributed by atoms with Crippen LogP contribution in [-0.2, 0) is 6.54 Å². The van der Waals surface area contributed by atoms with Crippen LogP contribution in [0.2, 0.25) is 0 Å². The van der Waals surface area contributed by atoms with E-state index in [1.807, 2.05) is 12.1 Å². The third-order valence-electron chi connectivity index (χ3n) is 4.99. The number of hydrogen-bond donors (Lipinski definition) is 1. The molecule has 0 amide bonds. The Hall–Kier alpha value is -1.88. The number of halogens is 1. The number of aromatic nitrogens is 1. The lowest BCUT2D eigenvalue weighted by Gasteiger charge is -2.33. The van der Waals surface area contributed by atoms with Gasteiger partial charge in [-0.3, -0.25) is 0 Å². The first-order valence-electron chi connectivity index (χ1n) is 9.28. The first-order valence-corrected chi connectivity index (χ1v) is 9.28. The van der Waals surface area contributed by atoms with Crippen LogP contribution in [0.1, 0.15) is 50.5 Å². The number of hydrogen-bond acceptors (Lipinski definition) is 4. The zero-order valence-electron chi connectivity index (χ0n) is 15.2. The number of rotatable bonds is 7. The molecular formula is C20H28FN3O. The maximum atomic E-state index is 13.3. The van der Waals surface area contributed by atoms with Gasteiger partial charge in [0.1, 0.15) is 5.82 Å². The van der Waals surface area contributed by atoms with Crippen LogP contribution in [0.5, 0.6) is 0 Å². The summed E-state index contributed by atoms with van der Waals surface area (Å²) in [5, 5.41) is 7.54. The van der Waals surface area contributed by atoms with Crippen LogP contribution in [0, 0.1) is 11.7 Å². The van der Waals surface area contributed by atoms with Crippen molar-refractivity contribution in [1.82, 2.24) is 10.5 Å². The van der Waals surface area contributed by atoms with Gasteiger partial charge in [0.15, 0.2) is 5.76 Å². The van der Waals surface area contributed by atoms with Crippen molar-refractivity contribution < 1.29 is 8.91 Å². The van der Waals surface area contributed by atoms with Crippen molar-refractivity contribution >= 4 is 5.69 Å². The van der Waals surface area contributed by atoms with E-state index in [4.69, 9.17) is 4.52 Å². The zero-order valence-corrected chi connectivity index (χ0v) is 15.2. The minimum Gasteiger partial charge on any atom is -0.371 e. The van der Waals surface area contributed by atoms with Gasteiger partial charge in [0.2, 0.25) is 0 Å². The van der Waals surface area contributed by atoms with E-state index in [0.717, 1.165) is 62.1 Å². The molecule has 3 rings (SSSR count). The van der Waals surface area contributed by atoms with E-state index in [1.165, 1.54) is 12.5 Å². The molecular weight excluding hydrogens is 317 g/mol. The third-order valence-corrected chi connectivity index (χ3v) is 4.99. The minimum absolute atomic E-state index is 0.156. The van der Waals surface area contributed by atoms with E-state index in [9.17, 15) is 4.39 Å². The van der Waals surface area contributed by atoms with E-state index in [1.54, 1.807) is 12.1 Å². The van der Waals surface area contributed by atoms with Gasteiger partial charge in [-0.05, 0) is 55.8 Å². The standard InChI is InChI=1S/C20H28FN3O/c1-15(2)20-13-19(25-23-20)14-22-9-6-16-7-10-24(11-8-16)18-5-3-4-17(21)12-18/h3-5,12-13,15-16,22H,6-11,14H2,1-2H3. The normalized spacial score (nSPS) is 15.9. The topological polar surface area (TPSA) is 41.3 Å². The molecule has 1 aliphatic heterocycles. The fourth-order valence-corrected chi connectivity index (χ4v) is 3.35. The lowest BCUT2D eigenvalue weighted by molar-refractivity contribution is 0.349.